The van der Waals surface area contributed by atoms with Crippen molar-refractivity contribution in [1.82, 2.24) is 0 Å². The molecular formula is C12H21FO3. The van der Waals surface area contributed by atoms with Gasteiger partial charge >= 0.3 is 5.97 Å². The minimum Gasteiger partial charge on any atom is -0.457 e. The molecule has 1 aliphatic heterocycles. The highest BCUT2D eigenvalue weighted by Crippen LogP contribution is 2.34. The summed E-state index contributed by atoms with van der Waals surface area (Å²) in [6.45, 7) is 9.00. The molecule has 94 valence electrons. The standard InChI is InChI=1S/C12H21FO3/c1-6(2)10-9(13)12(15-8(5)14)11(16-10)7(3)4/h6-7,9-12H,1-5H3/t9-,10-,11+,12+/m0/s1. The zero-order valence-corrected chi connectivity index (χ0v) is 10.6. The molecule has 0 saturated carbocycles. The van der Waals surface area contributed by atoms with Crippen molar-refractivity contribution in [3.63, 3.8) is 0 Å². The fourth-order valence-corrected chi connectivity index (χ4v) is 2.09. The summed E-state index contributed by atoms with van der Waals surface area (Å²) in [5.41, 5.74) is 0. The summed E-state index contributed by atoms with van der Waals surface area (Å²) in [5, 5.41) is 0. The van der Waals surface area contributed by atoms with Crippen molar-refractivity contribution in [3.8, 4) is 0 Å². The molecule has 1 fully saturated rings. The SMILES string of the molecule is CC(=O)O[C@@H]1[C@@H](F)[C@H](C(C)C)O[C@@H]1C(C)C. The molecule has 0 aromatic rings. The Labute approximate surface area is 96.3 Å². The first kappa shape index (κ1) is 13.4. The maximum absolute atomic E-state index is 14.1. The van der Waals surface area contributed by atoms with Gasteiger partial charge in [-0.05, 0) is 11.8 Å². The molecule has 4 atom stereocenters. The van der Waals surface area contributed by atoms with Crippen LogP contribution >= 0.6 is 0 Å². The molecule has 0 unspecified atom stereocenters. The molecule has 0 aromatic carbocycles. The number of rotatable bonds is 3. The zero-order chi connectivity index (χ0) is 12.5. The van der Waals surface area contributed by atoms with Gasteiger partial charge in [-0.1, -0.05) is 27.7 Å². The number of carbonyl (C=O) groups is 1. The van der Waals surface area contributed by atoms with Gasteiger partial charge in [-0.2, -0.15) is 0 Å². The molecule has 0 bridgehead atoms. The second-order valence-corrected chi connectivity index (χ2v) is 5.07. The quantitative estimate of drug-likeness (QED) is 0.701. The summed E-state index contributed by atoms with van der Waals surface area (Å²) in [6.07, 6.45) is -2.80. The first-order valence-electron chi connectivity index (χ1n) is 5.81. The van der Waals surface area contributed by atoms with Gasteiger partial charge in [0.1, 0.15) is 6.10 Å². The van der Waals surface area contributed by atoms with Crippen molar-refractivity contribution >= 4 is 5.97 Å². The van der Waals surface area contributed by atoms with Crippen LogP contribution in [0, 0.1) is 11.8 Å². The molecule has 1 saturated heterocycles. The Morgan fingerprint density at radius 2 is 1.69 bits per heavy atom. The van der Waals surface area contributed by atoms with Crippen molar-refractivity contribution < 1.29 is 18.7 Å². The molecule has 0 aromatic heterocycles. The van der Waals surface area contributed by atoms with Gasteiger partial charge in [0.15, 0.2) is 12.3 Å². The molecule has 1 heterocycles. The predicted molar refractivity (Wildman–Crippen MR) is 58.8 cm³/mol. The molecule has 3 nitrogen and oxygen atoms in total. The second kappa shape index (κ2) is 5.13. The fraction of sp³-hybridized carbons (Fsp3) is 0.917. The number of hydrogen-bond donors (Lipinski definition) is 0. The lowest BCUT2D eigenvalue weighted by Gasteiger charge is -2.21. The van der Waals surface area contributed by atoms with Gasteiger partial charge in [0.2, 0.25) is 0 Å². The van der Waals surface area contributed by atoms with Crippen LogP contribution in [0.15, 0.2) is 0 Å². The molecule has 0 aliphatic carbocycles. The van der Waals surface area contributed by atoms with Gasteiger partial charge in [-0.3, -0.25) is 4.79 Å². The van der Waals surface area contributed by atoms with Crippen LogP contribution in [-0.2, 0) is 14.3 Å². The molecule has 4 heteroatoms. The molecular weight excluding hydrogens is 211 g/mol. The van der Waals surface area contributed by atoms with Crippen molar-refractivity contribution in [2.45, 2.75) is 59.1 Å². The van der Waals surface area contributed by atoms with Gasteiger partial charge in [-0.25, -0.2) is 4.39 Å². The third-order valence-corrected chi connectivity index (χ3v) is 2.88. The Morgan fingerprint density at radius 3 is 2.06 bits per heavy atom. The van der Waals surface area contributed by atoms with Crippen molar-refractivity contribution in [3.05, 3.63) is 0 Å². The zero-order valence-electron chi connectivity index (χ0n) is 10.6. The lowest BCUT2D eigenvalue weighted by molar-refractivity contribution is -0.152. The molecule has 0 spiro atoms. The number of hydrogen-bond acceptors (Lipinski definition) is 3. The monoisotopic (exact) mass is 232 g/mol. The van der Waals surface area contributed by atoms with Crippen LogP contribution in [0.1, 0.15) is 34.6 Å². The van der Waals surface area contributed by atoms with E-state index in [4.69, 9.17) is 9.47 Å². The van der Waals surface area contributed by atoms with Gasteiger partial charge in [0.05, 0.1) is 6.10 Å². The van der Waals surface area contributed by atoms with E-state index in [9.17, 15) is 9.18 Å². The van der Waals surface area contributed by atoms with Crippen molar-refractivity contribution in [2.75, 3.05) is 0 Å². The van der Waals surface area contributed by atoms with E-state index in [1.54, 1.807) is 0 Å². The van der Waals surface area contributed by atoms with Gasteiger partial charge in [0, 0.05) is 6.92 Å². The lowest BCUT2D eigenvalue weighted by Crippen LogP contribution is -2.36. The van der Waals surface area contributed by atoms with Crippen molar-refractivity contribution in [2.24, 2.45) is 11.8 Å². The molecule has 16 heavy (non-hydrogen) atoms. The third-order valence-electron chi connectivity index (χ3n) is 2.88. The van der Waals surface area contributed by atoms with E-state index in [0.29, 0.717) is 0 Å². The van der Waals surface area contributed by atoms with Gasteiger partial charge in [-0.15, -0.1) is 0 Å². The molecule has 1 aliphatic rings. The highest BCUT2D eigenvalue weighted by Gasteiger charge is 2.49. The number of halogens is 1. The molecule has 1 rings (SSSR count). The maximum atomic E-state index is 14.1. The average Bonchev–Trinajstić information content (AvgIpc) is 2.43. The van der Waals surface area contributed by atoms with E-state index in [1.807, 2.05) is 27.7 Å². The molecule has 0 amide bonds. The van der Waals surface area contributed by atoms with Crippen LogP contribution in [0.25, 0.3) is 0 Å². The normalized spacial score (nSPS) is 34.8. The summed E-state index contributed by atoms with van der Waals surface area (Å²) in [7, 11) is 0. The fourth-order valence-electron chi connectivity index (χ4n) is 2.09. The van der Waals surface area contributed by atoms with E-state index in [0.717, 1.165) is 0 Å². The minimum atomic E-state index is -1.23. The Balaban J connectivity index is 2.80. The van der Waals surface area contributed by atoms with Crippen LogP contribution in [-0.4, -0.2) is 30.5 Å². The number of carbonyl (C=O) groups excluding carboxylic acids is 1. The van der Waals surface area contributed by atoms with E-state index in [2.05, 4.69) is 0 Å². The summed E-state index contributed by atoms with van der Waals surface area (Å²) >= 11 is 0. The smallest absolute Gasteiger partial charge is 0.303 e. The van der Waals surface area contributed by atoms with Crippen molar-refractivity contribution in [1.29, 1.82) is 0 Å². The van der Waals surface area contributed by atoms with E-state index < -0.39 is 24.3 Å². The van der Waals surface area contributed by atoms with Crippen LogP contribution in [0.5, 0.6) is 0 Å². The molecule has 0 N–H and O–H groups in total. The van der Waals surface area contributed by atoms with E-state index in [1.165, 1.54) is 6.92 Å². The van der Waals surface area contributed by atoms with E-state index >= 15 is 0 Å². The number of esters is 1. The summed E-state index contributed by atoms with van der Waals surface area (Å²) in [5.74, 6) is -0.241. The Bertz CT molecular complexity index is 253. The largest absolute Gasteiger partial charge is 0.457 e. The highest BCUT2D eigenvalue weighted by atomic mass is 19.1. The summed E-state index contributed by atoms with van der Waals surface area (Å²) in [4.78, 5) is 10.9. The van der Waals surface area contributed by atoms with Crippen LogP contribution in [0.2, 0.25) is 0 Å². The highest BCUT2D eigenvalue weighted by molar-refractivity contribution is 5.66. The topological polar surface area (TPSA) is 35.5 Å². The average molecular weight is 232 g/mol. The number of alkyl halides is 1. The number of ether oxygens (including phenoxy) is 2. The summed E-state index contributed by atoms with van der Waals surface area (Å²) in [6, 6.07) is 0. The molecule has 0 radical (unpaired) electrons. The lowest BCUT2D eigenvalue weighted by atomic mass is 9.96. The Hall–Kier alpha value is -0.640. The van der Waals surface area contributed by atoms with Gasteiger partial charge < -0.3 is 9.47 Å². The Morgan fingerprint density at radius 1 is 1.19 bits per heavy atom. The maximum Gasteiger partial charge on any atom is 0.303 e. The van der Waals surface area contributed by atoms with Crippen LogP contribution in [0.3, 0.4) is 0 Å². The Kier molecular flexibility index (Phi) is 4.30. The second-order valence-electron chi connectivity index (χ2n) is 5.07. The van der Waals surface area contributed by atoms with Crippen LogP contribution in [0.4, 0.5) is 4.39 Å². The predicted octanol–water partition coefficient (Wildman–Crippen LogP) is 2.34. The summed E-state index contributed by atoms with van der Waals surface area (Å²) < 4.78 is 24.8. The van der Waals surface area contributed by atoms with Crippen LogP contribution < -0.4 is 0 Å². The third kappa shape index (κ3) is 2.73. The minimum absolute atomic E-state index is 0.0804. The van der Waals surface area contributed by atoms with Gasteiger partial charge in [0.25, 0.3) is 0 Å². The van der Waals surface area contributed by atoms with E-state index in [-0.39, 0.29) is 17.9 Å². The first-order valence-corrected chi connectivity index (χ1v) is 5.81. The first-order chi connectivity index (χ1) is 7.34.